The number of nitrogens with one attached hydrogen (secondary N) is 1. The second kappa shape index (κ2) is 7.65. The normalized spacial score (nSPS) is 25.4. The predicted molar refractivity (Wildman–Crippen MR) is 98.1 cm³/mol. The third-order valence-electron chi connectivity index (χ3n) is 5.26. The quantitative estimate of drug-likeness (QED) is 0.891. The molecular weight excluding hydrogens is 316 g/mol. The monoisotopic (exact) mass is 346 g/mol. The molecule has 0 unspecified atom stereocenters. The Kier molecular flexibility index (Phi) is 5.52. The Morgan fingerprint density at radius 3 is 2.88 bits per heavy atom. The molecule has 5 heteroatoms. The summed E-state index contributed by atoms with van der Waals surface area (Å²) in [7, 11) is 0. The van der Waals surface area contributed by atoms with E-state index in [0.29, 0.717) is 18.6 Å². The van der Waals surface area contributed by atoms with E-state index in [1.165, 1.54) is 11.1 Å². The van der Waals surface area contributed by atoms with E-state index in [4.69, 9.17) is 9.47 Å². The number of fused-ring (bicyclic) bond motifs is 1. The summed E-state index contributed by atoms with van der Waals surface area (Å²) >= 11 is 0. The molecule has 5 nitrogen and oxygen atoms in total. The average Bonchev–Trinajstić information content (AvgIpc) is 2.94. The van der Waals surface area contributed by atoms with Crippen molar-refractivity contribution < 1.29 is 14.3 Å². The van der Waals surface area contributed by atoms with Gasteiger partial charge >= 0.3 is 0 Å². The first-order chi connectivity index (χ1) is 12.0. The highest BCUT2D eigenvalue weighted by Gasteiger charge is 2.28. The summed E-state index contributed by atoms with van der Waals surface area (Å²) in [5, 5.41) is 3.69. The molecule has 2 aliphatic heterocycles. The minimum absolute atomic E-state index is 0.176. The lowest BCUT2D eigenvalue weighted by atomic mass is 9.93. The van der Waals surface area contributed by atoms with Crippen molar-refractivity contribution >= 4 is 5.91 Å². The molecule has 25 heavy (non-hydrogen) atoms. The maximum atomic E-state index is 11.6. The molecule has 2 aliphatic rings. The molecule has 0 aliphatic carbocycles. The predicted octanol–water partition coefficient (Wildman–Crippen LogP) is 2.76. The summed E-state index contributed by atoms with van der Waals surface area (Å²) in [6, 6.07) is 4.63. The highest BCUT2D eigenvalue weighted by atomic mass is 16.5. The van der Waals surface area contributed by atoms with Crippen LogP contribution >= 0.6 is 0 Å². The van der Waals surface area contributed by atoms with E-state index < -0.39 is 0 Å². The van der Waals surface area contributed by atoms with E-state index in [1.54, 1.807) is 6.92 Å². The van der Waals surface area contributed by atoms with Crippen LogP contribution in [-0.2, 0) is 17.8 Å². The van der Waals surface area contributed by atoms with Crippen molar-refractivity contribution in [1.82, 2.24) is 10.2 Å². The molecule has 0 aromatic heterocycles. The maximum Gasteiger partial charge on any atom is 0.219 e. The summed E-state index contributed by atoms with van der Waals surface area (Å²) in [6.45, 7) is 11.1. The van der Waals surface area contributed by atoms with Gasteiger partial charge in [-0.3, -0.25) is 4.79 Å². The highest BCUT2D eigenvalue weighted by Crippen LogP contribution is 2.36. The van der Waals surface area contributed by atoms with Crippen molar-refractivity contribution in [2.75, 3.05) is 19.7 Å². The Hall–Kier alpha value is -1.75. The molecule has 1 saturated heterocycles. The third kappa shape index (κ3) is 4.09. The van der Waals surface area contributed by atoms with Gasteiger partial charge in [0.25, 0.3) is 0 Å². The molecule has 0 bridgehead atoms. The first-order valence-electron chi connectivity index (χ1n) is 9.42. The summed E-state index contributed by atoms with van der Waals surface area (Å²) in [5.74, 6) is 2.57. The van der Waals surface area contributed by atoms with Crippen molar-refractivity contribution in [1.29, 1.82) is 0 Å². The Morgan fingerprint density at radius 1 is 1.40 bits per heavy atom. The summed E-state index contributed by atoms with van der Waals surface area (Å²) in [4.78, 5) is 13.5. The second-order valence-electron chi connectivity index (χ2n) is 7.35. The smallest absolute Gasteiger partial charge is 0.219 e. The van der Waals surface area contributed by atoms with E-state index in [0.717, 1.165) is 44.0 Å². The molecule has 138 valence electrons. The van der Waals surface area contributed by atoms with Crippen LogP contribution in [0.25, 0.3) is 0 Å². The molecule has 0 spiro atoms. The zero-order chi connectivity index (χ0) is 18.0. The van der Waals surface area contributed by atoms with Crippen LogP contribution in [0.2, 0.25) is 0 Å². The van der Waals surface area contributed by atoms with Crippen molar-refractivity contribution in [2.45, 2.75) is 59.2 Å². The van der Waals surface area contributed by atoms with Crippen LogP contribution in [-0.4, -0.2) is 42.6 Å². The van der Waals surface area contributed by atoms with Gasteiger partial charge in [0.05, 0.1) is 6.61 Å². The second-order valence-corrected chi connectivity index (χ2v) is 7.35. The van der Waals surface area contributed by atoms with Gasteiger partial charge < -0.3 is 19.7 Å². The number of piperidine rings is 1. The lowest BCUT2D eigenvalue weighted by Crippen LogP contribution is -2.49. The third-order valence-corrected chi connectivity index (χ3v) is 5.26. The lowest BCUT2D eigenvalue weighted by Gasteiger charge is -2.37. The van der Waals surface area contributed by atoms with Gasteiger partial charge in [-0.2, -0.15) is 0 Å². The van der Waals surface area contributed by atoms with Gasteiger partial charge in [-0.05, 0) is 38.3 Å². The van der Waals surface area contributed by atoms with Crippen molar-refractivity contribution in [2.24, 2.45) is 5.92 Å². The zero-order valence-corrected chi connectivity index (χ0v) is 15.8. The lowest BCUT2D eigenvalue weighted by molar-refractivity contribution is -0.130. The number of hydrogen-bond donors (Lipinski definition) is 1. The topological polar surface area (TPSA) is 50.8 Å². The fourth-order valence-electron chi connectivity index (χ4n) is 3.94. The molecular formula is C20H30N2O3. The Bertz CT molecular complexity index is 632. The van der Waals surface area contributed by atoms with Crippen LogP contribution in [0.5, 0.6) is 11.5 Å². The Balaban J connectivity index is 1.68. The van der Waals surface area contributed by atoms with Crippen LogP contribution in [0.1, 0.15) is 45.2 Å². The molecule has 0 saturated carbocycles. The fourth-order valence-corrected chi connectivity index (χ4v) is 3.94. The van der Waals surface area contributed by atoms with Crippen LogP contribution in [0.4, 0.5) is 0 Å². The van der Waals surface area contributed by atoms with Crippen LogP contribution in [0, 0.1) is 5.92 Å². The molecule has 3 atom stereocenters. The number of benzene rings is 1. The molecule has 1 N–H and O–H groups in total. The fraction of sp³-hybridized carbons (Fsp3) is 0.650. The highest BCUT2D eigenvalue weighted by molar-refractivity contribution is 5.73. The number of carbonyl (C=O) groups is 1. The number of amides is 1. The Labute approximate surface area is 150 Å². The Morgan fingerprint density at radius 2 is 2.20 bits per heavy atom. The maximum absolute atomic E-state index is 11.6. The summed E-state index contributed by atoms with van der Waals surface area (Å²) in [6.07, 6.45) is 2.16. The molecule has 2 heterocycles. The molecule has 1 aromatic carbocycles. The van der Waals surface area contributed by atoms with Gasteiger partial charge in [-0.1, -0.05) is 6.92 Å². The van der Waals surface area contributed by atoms with E-state index in [1.807, 2.05) is 11.8 Å². The number of hydrogen-bond acceptors (Lipinski definition) is 4. The van der Waals surface area contributed by atoms with Gasteiger partial charge in [-0.25, -0.2) is 0 Å². The van der Waals surface area contributed by atoms with Crippen molar-refractivity contribution in [3.8, 4) is 11.5 Å². The molecule has 1 fully saturated rings. The van der Waals surface area contributed by atoms with E-state index in [2.05, 4.69) is 31.3 Å². The van der Waals surface area contributed by atoms with Gasteiger partial charge in [0, 0.05) is 50.1 Å². The van der Waals surface area contributed by atoms with E-state index >= 15 is 0 Å². The summed E-state index contributed by atoms with van der Waals surface area (Å²) in [5.41, 5.74) is 2.42. The SMILES string of the molecule is CCOc1cc(CN[C@@H]2CCN(C(C)=O)C[C@H]2C)c2c(c1)C[C@@H](C)O2. The number of ether oxygens (including phenoxy) is 2. The first-order valence-corrected chi connectivity index (χ1v) is 9.42. The zero-order valence-electron chi connectivity index (χ0n) is 15.8. The van der Waals surface area contributed by atoms with E-state index in [9.17, 15) is 4.79 Å². The molecule has 1 amide bonds. The molecule has 3 rings (SSSR count). The van der Waals surface area contributed by atoms with Crippen LogP contribution in [0.3, 0.4) is 0 Å². The van der Waals surface area contributed by atoms with E-state index in [-0.39, 0.29) is 12.0 Å². The van der Waals surface area contributed by atoms with Gasteiger partial charge in [0.1, 0.15) is 17.6 Å². The minimum atomic E-state index is 0.176. The largest absolute Gasteiger partial charge is 0.494 e. The van der Waals surface area contributed by atoms with Crippen molar-refractivity contribution in [3.05, 3.63) is 23.3 Å². The number of carbonyl (C=O) groups excluding carboxylic acids is 1. The standard InChI is InChI=1S/C20H30N2O3/c1-5-24-18-9-16-8-14(3)25-20(16)17(10-18)11-21-19-6-7-22(15(4)23)12-13(19)2/h9-10,13-14,19,21H,5-8,11-12H2,1-4H3/t13-,14-,19-/m1/s1. The number of likely N-dealkylation sites (tertiary alicyclic amines) is 1. The van der Waals surface area contributed by atoms with Gasteiger partial charge in [0.15, 0.2) is 0 Å². The van der Waals surface area contributed by atoms with Gasteiger partial charge in [-0.15, -0.1) is 0 Å². The van der Waals surface area contributed by atoms with Crippen LogP contribution in [0.15, 0.2) is 12.1 Å². The number of nitrogens with zero attached hydrogens (tertiary/aromatic N) is 1. The summed E-state index contributed by atoms with van der Waals surface area (Å²) < 4.78 is 11.8. The van der Waals surface area contributed by atoms with Gasteiger partial charge in [0.2, 0.25) is 5.91 Å². The number of rotatable bonds is 5. The molecule has 1 aromatic rings. The average molecular weight is 346 g/mol. The van der Waals surface area contributed by atoms with Crippen molar-refractivity contribution in [3.63, 3.8) is 0 Å². The minimum Gasteiger partial charge on any atom is -0.494 e. The molecule has 0 radical (unpaired) electrons. The first kappa shape index (κ1) is 18.1. The van der Waals surface area contributed by atoms with Crippen LogP contribution < -0.4 is 14.8 Å².